The third-order valence-electron chi connectivity index (χ3n) is 3.17. The minimum Gasteiger partial charge on any atom is -0.481 e. The van der Waals surface area contributed by atoms with Gasteiger partial charge in [0.1, 0.15) is 5.82 Å². The van der Waals surface area contributed by atoms with Crippen LogP contribution in [-0.2, 0) is 14.8 Å². The van der Waals surface area contributed by atoms with Gasteiger partial charge < -0.3 is 5.11 Å². The summed E-state index contributed by atoms with van der Waals surface area (Å²) in [5, 5.41) is 8.73. The number of aliphatic carboxylic acids is 1. The molecule has 0 aliphatic rings. The van der Waals surface area contributed by atoms with Crippen LogP contribution in [0.5, 0.6) is 0 Å². The van der Waals surface area contributed by atoms with Gasteiger partial charge >= 0.3 is 5.97 Å². The first-order chi connectivity index (χ1) is 10.3. The molecule has 0 spiro atoms. The van der Waals surface area contributed by atoms with E-state index in [0.29, 0.717) is 12.1 Å². The fraction of sp³-hybridized carbons (Fsp3) is 0.500. The second kappa shape index (κ2) is 6.88. The van der Waals surface area contributed by atoms with Crippen LogP contribution in [0.1, 0.15) is 45.2 Å². The van der Waals surface area contributed by atoms with Crippen LogP contribution in [0.3, 0.4) is 0 Å². The third kappa shape index (κ3) is 4.93. The van der Waals surface area contributed by atoms with Gasteiger partial charge in [-0.2, -0.15) is 0 Å². The van der Waals surface area contributed by atoms with E-state index in [1.54, 1.807) is 0 Å². The third-order valence-corrected chi connectivity index (χ3v) is 5.37. The summed E-state index contributed by atoms with van der Waals surface area (Å²) in [6.07, 6.45) is -0.789. The van der Waals surface area contributed by atoms with Gasteiger partial charge in [-0.3, -0.25) is 4.79 Å². The van der Waals surface area contributed by atoms with Crippen molar-refractivity contribution in [2.24, 2.45) is 0 Å². The van der Waals surface area contributed by atoms with Gasteiger partial charge in [-0.1, -0.05) is 0 Å². The smallest absolute Gasteiger partial charge is 0.303 e. The van der Waals surface area contributed by atoms with Crippen LogP contribution < -0.4 is 4.72 Å². The summed E-state index contributed by atoms with van der Waals surface area (Å²) in [6.45, 7) is 4.18. The summed E-state index contributed by atoms with van der Waals surface area (Å²) in [6, 6.07) is -0.503. The number of carboxylic acid groups (broad SMARTS) is 1. The molecule has 2 N–H and O–H groups in total. The van der Waals surface area contributed by atoms with Gasteiger partial charge in [0.25, 0.3) is 0 Å². The van der Waals surface area contributed by atoms with Gasteiger partial charge in [-0.15, -0.1) is 0 Å². The van der Waals surface area contributed by atoms with Crippen molar-refractivity contribution in [3.8, 4) is 0 Å². The lowest BCUT2D eigenvalue weighted by molar-refractivity contribution is -0.137. The highest BCUT2D eigenvalue weighted by Gasteiger charge is 2.33. The minimum atomic E-state index is -3.96. The molecule has 1 aromatic rings. The van der Waals surface area contributed by atoms with E-state index in [-0.39, 0.29) is 6.42 Å². The molecule has 0 saturated heterocycles. The molecule has 9 heteroatoms. The molecule has 5 nitrogen and oxygen atoms in total. The largest absolute Gasteiger partial charge is 0.481 e. The van der Waals surface area contributed by atoms with Crippen LogP contribution in [0.15, 0.2) is 12.1 Å². The summed E-state index contributed by atoms with van der Waals surface area (Å²) in [4.78, 5) is 10.7. The van der Waals surface area contributed by atoms with E-state index in [4.69, 9.17) is 5.11 Å². The Morgan fingerprint density at radius 2 is 1.70 bits per heavy atom. The topological polar surface area (TPSA) is 83.5 Å². The van der Waals surface area contributed by atoms with Crippen molar-refractivity contribution in [3.05, 3.63) is 35.1 Å². The highest BCUT2D eigenvalue weighted by atomic mass is 32.2. The van der Waals surface area contributed by atoms with Crippen molar-refractivity contribution in [1.82, 2.24) is 4.72 Å². The average Bonchev–Trinajstić information content (AvgIpc) is 2.37. The molecule has 1 aromatic carbocycles. The highest BCUT2D eigenvalue weighted by molar-refractivity contribution is 7.90. The van der Waals surface area contributed by atoms with Crippen LogP contribution >= 0.6 is 0 Å². The molecule has 0 fully saturated rings. The Hall–Kier alpha value is -1.61. The summed E-state index contributed by atoms with van der Waals surface area (Å²) >= 11 is 0. The van der Waals surface area contributed by atoms with E-state index in [0.717, 1.165) is 0 Å². The Bertz CT molecular complexity index is 699. The predicted octanol–water partition coefficient (Wildman–Crippen LogP) is 2.73. The summed E-state index contributed by atoms with van der Waals surface area (Å²) in [5.41, 5.74) is -0.446. The second-order valence-corrected chi connectivity index (χ2v) is 8.47. The molecule has 130 valence electrons. The van der Waals surface area contributed by atoms with Crippen molar-refractivity contribution in [2.75, 3.05) is 0 Å². The number of hydrogen-bond acceptors (Lipinski definition) is 3. The average molecular weight is 353 g/mol. The first kappa shape index (κ1) is 19.4. The maximum absolute atomic E-state index is 13.9. The zero-order valence-electron chi connectivity index (χ0n) is 12.9. The molecule has 0 aliphatic heterocycles. The van der Waals surface area contributed by atoms with Crippen LogP contribution in [0.25, 0.3) is 0 Å². The number of rotatable bonds is 6. The fourth-order valence-electron chi connectivity index (χ4n) is 1.71. The molecule has 23 heavy (non-hydrogen) atoms. The number of benzene rings is 1. The van der Waals surface area contributed by atoms with Crippen molar-refractivity contribution >= 4 is 16.0 Å². The van der Waals surface area contributed by atoms with Gasteiger partial charge in [0.05, 0.1) is 10.8 Å². The molecule has 0 aromatic heterocycles. The molecule has 1 rings (SSSR count). The number of halogens is 3. The Labute approximate surface area is 132 Å². The first-order valence-corrected chi connectivity index (χ1v) is 8.21. The lowest BCUT2D eigenvalue weighted by Crippen LogP contribution is -2.41. The Balaban J connectivity index is 3.26. The van der Waals surface area contributed by atoms with E-state index in [1.807, 2.05) is 0 Å². The Kier molecular flexibility index (Phi) is 5.81. The molecule has 0 aliphatic carbocycles. The molecule has 0 amide bonds. The molecular weight excluding hydrogens is 335 g/mol. The Morgan fingerprint density at radius 3 is 2.17 bits per heavy atom. The van der Waals surface area contributed by atoms with E-state index < -0.39 is 56.2 Å². The van der Waals surface area contributed by atoms with Crippen molar-refractivity contribution < 1.29 is 31.5 Å². The summed E-state index contributed by atoms with van der Waals surface area (Å²) in [7, 11) is -3.96. The fourth-order valence-corrected chi connectivity index (χ4v) is 2.69. The Morgan fingerprint density at radius 1 is 1.17 bits per heavy atom. The number of nitrogens with one attached hydrogen (secondary N) is 1. The van der Waals surface area contributed by atoms with Crippen molar-refractivity contribution in [1.29, 1.82) is 0 Å². The maximum atomic E-state index is 13.9. The molecule has 0 unspecified atom stereocenters. The van der Waals surface area contributed by atoms with Gasteiger partial charge in [0.15, 0.2) is 11.6 Å². The predicted molar refractivity (Wildman–Crippen MR) is 77.7 cm³/mol. The minimum absolute atomic E-state index is 0.295. The van der Waals surface area contributed by atoms with Crippen LogP contribution in [0.2, 0.25) is 0 Å². The van der Waals surface area contributed by atoms with E-state index in [9.17, 15) is 26.4 Å². The normalized spacial score (nSPS) is 13.8. The van der Waals surface area contributed by atoms with Gasteiger partial charge in [0.2, 0.25) is 10.0 Å². The molecule has 0 bridgehead atoms. The lowest BCUT2D eigenvalue weighted by atomic mass is 10.0. The maximum Gasteiger partial charge on any atom is 0.303 e. The van der Waals surface area contributed by atoms with Crippen molar-refractivity contribution in [2.45, 2.75) is 44.4 Å². The monoisotopic (exact) mass is 353 g/mol. The van der Waals surface area contributed by atoms with Gasteiger partial charge in [-0.05, 0) is 33.3 Å². The van der Waals surface area contributed by atoms with Gasteiger partial charge in [0, 0.05) is 18.1 Å². The lowest BCUT2D eigenvalue weighted by Gasteiger charge is -2.25. The molecule has 0 saturated carbocycles. The summed E-state index contributed by atoms with van der Waals surface area (Å²) < 4.78 is 65.6. The number of carboxylic acids is 1. The SMILES string of the molecule is CC(C)(C)S(=O)(=O)N[C@H](CCC(=O)O)c1cc(F)c(F)cc1F. The quantitative estimate of drug-likeness (QED) is 0.770. The molecule has 0 radical (unpaired) electrons. The summed E-state index contributed by atoms with van der Waals surface area (Å²) in [5.74, 6) is -5.15. The van der Waals surface area contributed by atoms with Crippen LogP contribution in [0, 0.1) is 17.5 Å². The zero-order chi connectivity index (χ0) is 18.0. The second-order valence-electron chi connectivity index (χ2n) is 6.01. The number of hydrogen-bond donors (Lipinski definition) is 2. The first-order valence-electron chi connectivity index (χ1n) is 6.73. The standard InChI is InChI=1S/C14H18F3NO4S/c1-14(2,3)23(21,22)18-12(4-5-13(19)20)8-6-10(16)11(17)7-9(8)15/h6-7,12,18H,4-5H2,1-3H3,(H,19,20)/t12-/m1/s1. The molecular formula is C14H18F3NO4S. The van der Waals surface area contributed by atoms with E-state index in [2.05, 4.69) is 4.72 Å². The van der Waals surface area contributed by atoms with E-state index >= 15 is 0 Å². The van der Waals surface area contributed by atoms with Crippen molar-refractivity contribution in [3.63, 3.8) is 0 Å². The van der Waals surface area contributed by atoms with Crippen LogP contribution in [0.4, 0.5) is 13.2 Å². The van der Waals surface area contributed by atoms with Gasteiger partial charge in [-0.25, -0.2) is 26.3 Å². The highest BCUT2D eigenvalue weighted by Crippen LogP contribution is 2.27. The number of sulfonamides is 1. The molecule has 1 atom stereocenters. The molecule has 0 heterocycles. The van der Waals surface area contributed by atoms with E-state index in [1.165, 1.54) is 20.8 Å². The van der Waals surface area contributed by atoms with Crippen LogP contribution in [-0.4, -0.2) is 24.2 Å². The zero-order valence-corrected chi connectivity index (χ0v) is 13.7. The number of carbonyl (C=O) groups is 1.